The van der Waals surface area contributed by atoms with Gasteiger partial charge in [0.15, 0.2) is 0 Å². The lowest BCUT2D eigenvalue weighted by atomic mass is 10.1. The van der Waals surface area contributed by atoms with E-state index in [2.05, 4.69) is 9.97 Å². The molecule has 1 aromatic carbocycles. The number of nitrogens with zero attached hydrogens (tertiary/aromatic N) is 2. The lowest BCUT2D eigenvalue weighted by Crippen LogP contribution is -2.01. The fraction of sp³-hybridized carbons (Fsp3) is 0.143. The number of aromatic nitrogens is 3. The van der Waals surface area contributed by atoms with Gasteiger partial charge in [-0.2, -0.15) is 0 Å². The molecule has 0 amide bonds. The second-order valence-corrected chi connectivity index (χ2v) is 4.48. The van der Waals surface area contributed by atoms with Gasteiger partial charge in [0, 0.05) is 29.7 Å². The lowest BCUT2D eigenvalue weighted by Gasteiger charge is -1.95. The van der Waals surface area contributed by atoms with Gasteiger partial charge in [-0.15, -0.1) is 0 Å². The molecule has 5 nitrogen and oxygen atoms in total. The van der Waals surface area contributed by atoms with Crippen molar-refractivity contribution in [3.63, 3.8) is 0 Å². The van der Waals surface area contributed by atoms with Crippen LogP contribution in [0, 0.1) is 0 Å². The van der Waals surface area contributed by atoms with Crippen molar-refractivity contribution < 1.29 is 9.90 Å². The molecule has 0 radical (unpaired) electrons. The molecular formula is C14H13N3O2. The number of hydrogen-bond donors (Lipinski definition) is 2. The van der Waals surface area contributed by atoms with Crippen molar-refractivity contribution in [3.8, 4) is 11.3 Å². The highest BCUT2D eigenvalue weighted by Gasteiger charge is 2.11. The minimum absolute atomic E-state index is 0.0925. The van der Waals surface area contributed by atoms with Gasteiger partial charge in [-0.25, -0.2) is 4.98 Å². The van der Waals surface area contributed by atoms with Crippen LogP contribution in [0.5, 0.6) is 0 Å². The van der Waals surface area contributed by atoms with E-state index in [-0.39, 0.29) is 6.42 Å². The summed E-state index contributed by atoms with van der Waals surface area (Å²) in [6.07, 6.45) is 3.60. The normalized spacial score (nSPS) is 11.0. The molecule has 19 heavy (non-hydrogen) atoms. The van der Waals surface area contributed by atoms with Crippen molar-refractivity contribution in [1.82, 2.24) is 14.5 Å². The van der Waals surface area contributed by atoms with Crippen LogP contribution in [-0.4, -0.2) is 25.6 Å². The molecule has 0 fully saturated rings. The molecule has 96 valence electrons. The van der Waals surface area contributed by atoms with Crippen LogP contribution in [-0.2, 0) is 18.3 Å². The number of carbonyl (C=O) groups is 1. The van der Waals surface area contributed by atoms with E-state index in [9.17, 15) is 4.79 Å². The van der Waals surface area contributed by atoms with Gasteiger partial charge >= 0.3 is 5.97 Å². The summed E-state index contributed by atoms with van der Waals surface area (Å²) in [5.74, 6) is -0.422. The topological polar surface area (TPSA) is 70.9 Å². The van der Waals surface area contributed by atoms with Gasteiger partial charge in [0.05, 0.1) is 11.9 Å². The Balaban J connectivity index is 2.09. The largest absolute Gasteiger partial charge is 0.481 e. The van der Waals surface area contributed by atoms with Crippen molar-refractivity contribution in [1.29, 1.82) is 0 Å². The van der Waals surface area contributed by atoms with Crippen LogP contribution >= 0.6 is 0 Å². The predicted octanol–water partition coefficient (Wildman–Crippen LogP) is 2.20. The molecule has 0 atom stereocenters. The summed E-state index contributed by atoms with van der Waals surface area (Å²) in [6.45, 7) is 0. The Morgan fingerprint density at radius 2 is 2.21 bits per heavy atom. The molecule has 2 aromatic heterocycles. The van der Waals surface area contributed by atoms with Crippen molar-refractivity contribution in [2.24, 2.45) is 7.05 Å². The number of carboxylic acid groups (broad SMARTS) is 1. The highest BCUT2D eigenvalue weighted by atomic mass is 16.4. The second-order valence-electron chi connectivity index (χ2n) is 4.48. The number of para-hydroxylation sites is 1. The van der Waals surface area contributed by atoms with E-state index >= 15 is 0 Å². The molecule has 0 aliphatic rings. The number of benzene rings is 1. The first-order chi connectivity index (χ1) is 9.15. The van der Waals surface area contributed by atoms with Crippen LogP contribution in [0.3, 0.4) is 0 Å². The number of aryl methyl sites for hydroxylation is 1. The summed E-state index contributed by atoms with van der Waals surface area (Å²) in [6, 6.07) is 8.07. The van der Waals surface area contributed by atoms with Gasteiger partial charge < -0.3 is 14.7 Å². The van der Waals surface area contributed by atoms with E-state index in [1.54, 1.807) is 6.20 Å². The second kappa shape index (κ2) is 4.28. The SMILES string of the molecule is Cn1cc(-c2cnc(CC(=O)O)[nH]2)c2ccccc21. The van der Waals surface area contributed by atoms with Crippen LogP contribution < -0.4 is 0 Å². The molecule has 0 spiro atoms. The molecule has 0 aliphatic heterocycles. The Bertz CT molecular complexity index is 755. The van der Waals surface area contributed by atoms with Gasteiger partial charge in [0.2, 0.25) is 0 Å². The minimum atomic E-state index is -0.890. The smallest absolute Gasteiger partial charge is 0.311 e. The van der Waals surface area contributed by atoms with Crippen LogP contribution in [0.15, 0.2) is 36.7 Å². The van der Waals surface area contributed by atoms with Crippen molar-refractivity contribution in [2.75, 3.05) is 0 Å². The third-order valence-corrected chi connectivity index (χ3v) is 3.13. The fourth-order valence-corrected chi connectivity index (χ4v) is 2.29. The highest BCUT2D eigenvalue weighted by Crippen LogP contribution is 2.28. The zero-order valence-corrected chi connectivity index (χ0v) is 10.4. The monoisotopic (exact) mass is 255 g/mol. The number of imidazole rings is 1. The Morgan fingerprint density at radius 1 is 1.42 bits per heavy atom. The summed E-state index contributed by atoms with van der Waals surface area (Å²) in [5.41, 5.74) is 3.00. The molecule has 0 bridgehead atoms. The Labute approximate surface area is 109 Å². The molecule has 3 rings (SSSR count). The highest BCUT2D eigenvalue weighted by molar-refractivity contribution is 5.95. The maximum Gasteiger partial charge on any atom is 0.311 e. The molecule has 0 saturated carbocycles. The van der Waals surface area contributed by atoms with Gasteiger partial charge in [0.1, 0.15) is 12.2 Å². The number of fused-ring (bicyclic) bond motifs is 1. The number of nitrogens with one attached hydrogen (secondary N) is 1. The molecule has 0 saturated heterocycles. The van der Waals surface area contributed by atoms with Crippen molar-refractivity contribution >= 4 is 16.9 Å². The van der Waals surface area contributed by atoms with Crippen molar-refractivity contribution in [2.45, 2.75) is 6.42 Å². The quantitative estimate of drug-likeness (QED) is 0.753. The number of H-pyrrole nitrogens is 1. The van der Waals surface area contributed by atoms with E-state index in [0.29, 0.717) is 5.82 Å². The van der Waals surface area contributed by atoms with E-state index in [1.165, 1.54) is 0 Å². The minimum Gasteiger partial charge on any atom is -0.481 e. The van der Waals surface area contributed by atoms with Gasteiger partial charge in [-0.1, -0.05) is 18.2 Å². The molecule has 5 heteroatoms. The maximum absolute atomic E-state index is 10.7. The standard InChI is InChI=1S/C14H13N3O2/c1-17-8-10(9-4-2-3-5-12(9)17)11-7-15-13(16-11)6-14(18)19/h2-5,7-8H,6H2,1H3,(H,15,16)(H,18,19). The first-order valence-electron chi connectivity index (χ1n) is 5.95. The summed E-state index contributed by atoms with van der Waals surface area (Å²) < 4.78 is 2.04. The average Bonchev–Trinajstić information content (AvgIpc) is 2.95. The summed E-state index contributed by atoms with van der Waals surface area (Å²) in [4.78, 5) is 17.8. The van der Waals surface area contributed by atoms with Gasteiger partial charge in [-0.05, 0) is 6.07 Å². The summed E-state index contributed by atoms with van der Waals surface area (Å²) in [5, 5.41) is 9.88. The van der Waals surface area contributed by atoms with Gasteiger partial charge in [0.25, 0.3) is 0 Å². The summed E-state index contributed by atoms with van der Waals surface area (Å²) >= 11 is 0. The Kier molecular flexibility index (Phi) is 2.59. The van der Waals surface area contributed by atoms with Crippen LogP contribution in [0.4, 0.5) is 0 Å². The molecular weight excluding hydrogens is 242 g/mol. The number of rotatable bonds is 3. The van der Waals surface area contributed by atoms with E-state index < -0.39 is 5.97 Å². The molecule has 2 heterocycles. The molecule has 0 aliphatic carbocycles. The molecule has 0 unspecified atom stereocenters. The Morgan fingerprint density at radius 3 is 3.00 bits per heavy atom. The van der Waals surface area contributed by atoms with E-state index in [4.69, 9.17) is 5.11 Å². The molecule has 2 N–H and O–H groups in total. The first kappa shape index (κ1) is 11.5. The lowest BCUT2D eigenvalue weighted by molar-refractivity contribution is -0.136. The predicted molar refractivity (Wildman–Crippen MR) is 71.8 cm³/mol. The maximum atomic E-state index is 10.7. The fourth-order valence-electron chi connectivity index (χ4n) is 2.29. The number of aliphatic carboxylic acids is 1. The number of hydrogen-bond acceptors (Lipinski definition) is 2. The first-order valence-corrected chi connectivity index (χ1v) is 5.95. The van der Waals surface area contributed by atoms with Crippen molar-refractivity contribution in [3.05, 3.63) is 42.5 Å². The third kappa shape index (κ3) is 1.99. The average molecular weight is 255 g/mol. The zero-order chi connectivity index (χ0) is 13.4. The third-order valence-electron chi connectivity index (χ3n) is 3.13. The Hall–Kier alpha value is -2.56. The summed E-state index contributed by atoms with van der Waals surface area (Å²) in [7, 11) is 1.99. The van der Waals surface area contributed by atoms with Gasteiger partial charge in [-0.3, -0.25) is 4.79 Å². The number of aromatic amines is 1. The molecule has 3 aromatic rings. The van der Waals surface area contributed by atoms with E-state index in [1.807, 2.05) is 42.1 Å². The van der Waals surface area contributed by atoms with Crippen LogP contribution in [0.2, 0.25) is 0 Å². The zero-order valence-electron chi connectivity index (χ0n) is 10.4. The number of carboxylic acids is 1. The van der Waals surface area contributed by atoms with Crippen LogP contribution in [0.25, 0.3) is 22.2 Å². The van der Waals surface area contributed by atoms with Crippen LogP contribution in [0.1, 0.15) is 5.82 Å². The van der Waals surface area contributed by atoms with E-state index in [0.717, 1.165) is 22.2 Å².